The van der Waals surface area contributed by atoms with Crippen molar-refractivity contribution in [3.63, 3.8) is 0 Å². The largest absolute Gasteiger partial charge is 0.490 e. The highest BCUT2D eigenvalue weighted by molar-refractivity contribution is 7.80. The molecule has 1 aromatic carbocycles. The molecule has 1 saturated carbocycles. The molecule has 1 aliphatic heterocycles. The first-order chi connectivity index (χ1) is 17.2. The van der Waals surface area contributed by atoms with Gasteiger partial charge in [-0.15, -0.1) is 0 Å². The van der Waals surface area contributed by atoms with Gasteiger partial charge < -0.3 is 14.4 Å². The van der Waals surface area contributed by atoms with Crippen LogP contribution in [0.2, 0.25) is 5.02 Å². The van der Waals surface area contributed by atoms with Gasteiger partial charge in [0.2, 0.25) is 0 Å². The van der Waals surface area contributed by atoms with Crippen molar-refractivity contribution in [3.8, 4) is 11.8 Å². The monoisotopic (exact) mass is 540 g/mol. The van der Waals surface area contributed by atoms with Gasteiger partial charge in [-0.1, -0.05) is 11.6 Å². The number of piperazine rings is 1. The number of nitriles is 1. The van der Waals surface area contributed by atoms with Crippen molar-refractivity contribution in [3.05, 3.63) is 52.7 Å². The minimum Gasteiger partial charge on any atom is -0.490 e. The fraction of sp³-hybridized carbons (Fsp3) is 0.520. The van der Waals surface area contributed by atoms with Crippen LogP contribution in [0.1, 0.15) is 36.8 Å². The lowest BCUT2D eigenvalue weighted by atomic mass is 9.95. The van der Waals surface area contributed by atoms with Gasteiger partial charge in [-0.3, -0.25) is 4.90 Å². The van der Waals surface area contributed by atoms with E-state index >= 15 is 0 Å². The van der Waals surface area contributed by atoms with E-state index in [1.807, 2.05) is 12.1 Å². The SMILES string of the molecule is N#Cc1ccc(OC2CCC(OCC(S)N3CCN(c4ccc(Cl)cn4)CC3)CC2)cc1C(F)(F)F. The molecule has 4 rings (SSSR count). The Hall–Kier alpha value is -2.19. The van der Waals surface area contributed by atoms with Gasteiger partial charge in [0.15, 0.2) is 0 Å². The number of nitrogens with zero attached hydrogens (tertiary/aromatic N) is 4. The quantitative estimate of drug-likeness (QED) is 0.474. The Kier molecular flexibility index (Phi) is 8.88. The molecule has 11 heteroatoms. The van der Waals surface area contributed by atoms with Crippen LogP contribution in [0.15, 0.2) is 36.5 Å². The number of aromatic nitrogens is 1. The van der Waals surface area contributed by atoms with Gasteiger partial charge in [0.05, 0.1) is 46.4 Å². The summed E-state index contributed by atoms with van der Waals surface area (Å²) in [4.78, 5) is 8.89. The summed E-state index contributed by atoms with van der Waals surface area (Å²) in [6, 6.07) is 8.85. The van der Waals surface area contributed by atoms with Crippen molar-refractivity contribution >= 4 is 30.0 Å². The Morgan fingerprint density at radius 2 is 1.78 bits per heavy atom. The van der Waals surface area contributed by atoms with Crippen LogP contribution in [-0.4, -0.2) is 60.3 Å². The third-order valence-electron chi connectivity index (χ3n) is 6.59. The van der Waals surface area contributed by atoms with Crippen LogP contribution in [0, 0.1) is 11.3 Å². The summed E-state index contributed by atoms with van der Waals surface area (Å²) in [5, 5.41) is 9.55. The molecule has 1 aliphatic carbocycles. The number of anilines is 1. The van der Waals surface area contributed by atoms with Crippen LogP contribution in [0.4, 0.5) is 19.0 Å². The highest BCUT2D eigenvalue weighted by Gasteiger charge is 2.34. The molecule has 1 atom stereocenters. The second-order valence-electron chi connectivity index (χ2n) is 9.01. The molecule has 0 spiro atoms. The maximum Gasteiger partial charge on any atom is 0.417 e. The predicted molar refractivity (Wildman–Crippen MR) is 135 cm³/mol. The molecule has 36 heavy (non-hydrogen) atoms. The molecule has 2 aliphatic rings. The smallest absolute Gasteiger partial charge is 0.417 e. The molecule has 2 fully saturated rings. The molecule has 1 unspecified atom stereocenters. The first-order valence-corrected chi connectivity index (χ1v) is 12.8. The Labute approximate surface area is 219 Å². The number of halogens is 4. The molecular formula is C25H28ClF3N4O2S. The second-order valence-corrected chi connectivity index (χ2v) is 10.0. The van der Waals surface area contributed by atoms with Gasteiger partial charge in [-0.05, 0) is 56.0 Å². The number of hydrogen-bond donors (Lipinski definition) is 1. The summed E-state index contributed by atoms with van der Waals surface area (Å²) >= 11 is 10.7. The summed E-state index contributed by atoms with van der Waals surface area (Å²) in [6.07, 6.45) is -0.133. The number of benzene rings is 1. The average molecular weight is 541 g/mol. The predicted octanol–water partition coefficient (Wildman–Crippen LogP) is 5.41. The average Bonchev–Trinajstić information content (AvgIpc) is 2.88. The molecule has 194 valence electrons. The van der Waals surface area contributed by atoms with Crippen LogP contribution in [-0.2, 0) is 10.9 Å². The summed E-state index contributed by atoms with van der Waals surface area (Å²) in [6.45, 7) is 3.90. The lowest BCUT2D eigenvalue weighted by Gasteiger charge is -2.38. The van der Waals surface area contributed by atoms with E-state index in [1.165, 1.54) is 6.07 Å². The lowest BCUT2D eigenvalue weighted by molar-refractivity contribution is -0.137. The summed E-state index contributed by atoms with van der Waals surface area (Å²) in [7, 11) is 0. The van der Waals surface area contributed by atoms with E-state index in [2.05, 4.69) is 14.8 Å². The van der Waals surface area contributed by atoms with E-state index in [0.717, 1.165) is 57.0 Å². The number of hydrogen-bond acceptors (Lipinski definition) is 7. The Balaban J connectivity index is 1.18. The minimum atomic E-state index is -4.60. The standard InChI is InChI=1S/C25H28ClF3N4O2S/c26-18-2-8-23(31-15-18)32-9-11-33(12-10-32)24(36)16-34-19-4-6-20(7-5-19)35-21-3-1-17(14-30)22(13-21)25(27,28)29/h1-3,8,13,15,19-20,24,36H,4-7,9-12,16H2. The van der Waals surface area contributed by atoms with Gasteiger partial charge in [0, 0.05) is 32.4 Å². The Morgan fingerprint density at radius 3 is 2.39 bits per heavy atom. The second kappa shape index (κ2) is 11.9. The number of pyridine rings is 1. The maximum atomic E-state index is 13.2. The van der Waals surface area contributed by atoms with Crippen LogP contribution >= 0.6 is 24.2 Å². The molecule has 1 aromatic heterocycles. The summed E-state index contributed by atoms with van der Waals surface area (Å²) < 4.78 is 51.5. The van der Waals surface area contributed by atoms with E-state index in [-0.39, 0.29) is 23.3 Å². The fourth-order valence-corrected chi connectivity index (χ4v) is 5.00. The molecule has 0 amide bonds. The van der Waals surface area contributed by atoms with Crippen LogP contribution in [0.25, 0.3) is 0 Å². The molecule has 0 radical (unpaired) electrons. The van der Waals surface area contributed by atoms with Gasteiger partial charge in [0.1, 0.15) is 11.6 Å². The first kappa shape index (κ1) is 26.9. The summed E-state index contributed by atoms with van der Waals surface area (Å²) in [5.74, 6) is 1.05. The number of rotatable bonds is 7. The van der Waals surface area contributed by atoms with Crippen LogP contribution in [0.5, 0.6) is 5.75 Å². The van der Waals surface area contributed by atoms with E-state index < -0.39 is 17.3 Å². The van der Waals surface area contributed by atoms with E-state index in [9.17, 15) is 13.2 Å². The van der Waals surface area contributed by atoms with E-state index in [0.29, 0.717) is 24.5 Å². The van der Waals surface area contributed by atoms with Crippen molar-refractivity contribution in [2.75, 3.05) is 37.7 Å². The molecule has 1 saturated heterocycles. The Morgan fingerprint density at radius 1 is 1.08 bits per heavy atom. The molecule has 2 heterocycles. The van der Waals surface area contributed by atoms with Crippen molar-refractivity contribution in [2.45, 2.75) is 49.4 Å². The van der Waals surface area contributed by atoms with E-state index in [4.69, 9.17) is 39.0 Å². The highest BCUT2D eigenvalue weighted by atomic mass is 35.5. The zero-order valence-corrected chi connectivity index (χ0v) is 21.3. The minimum absolute atomic E-state index is 0.0151. The summed E-state index contributed by atoms with van der Waals surface area (Å²) in [5.41, 5.74) is -1.37. The lowest BCUT2D eigenvalue weighted by Crippen LogP contribution is -2.50. The third kappa shape index (κ3) is 6.97. The zero-order chi connectivity index (χ0) is 25.7. The van der Waals surface area contributed by atoms with Gasteiger partial charge in [-0.2, -0.15) is 31.1 Å². The highest BCUT2D eigenvalue weighted by Crippen LogP contribution is 2.35. The van der Waals surface area contributed by atoms with Crippen LogP contribution < -0.4 is 9.64 Å². The van der Waals surface area contributed by atoms with Crippen molar-refractivity contribution < 1.29 is 22.6 Å². The van der Waals surface area contributed by atoms with Crippen molar-refractivity contribution in [2.24, 2.45) is 0 Å². The van der Waals surface area contributed by atoms with Gasteiger partial charge >= 0.3 is 6.18 Å². The number of thiol groups is 1. The zero-order valence-electron chi connectivity index (χ0n) is 19.6. The Bertz CT molecular complexity index is 1050. The van der Waals surface area contributed by atoms with Crippen molar-refractivity contribution in [1.82, 2.24) is 9.88 Å². The van der Waals surface area contributed by atoms with Gasteiger partial charge in [0.25, 0.3) is 0 Å². The fourth-order valence-electron chi connectivity index (χ4n) is 4.57. The van der Waals surface area contributed by atoms with Crippen molar-refractivity contribution in [1.29, 1.82) is 5.26 Å². The third-order valence-corrected chi connectivity index (χ3v) is 7.29. The molecule has 6 nitrogen and oxygen atoms in total. The number of ether oxygens (including phenoxy) is 2. The maximum absolute atomic E-state index is 13.2. The molecule has 0 N–H and O–H groups in total. The molecule has 2 aromatic rings. The van der Waals surface area contributed by atoms with Gasteiger partial charge in [-0.25, -0.2) is 4.98 Å². The number of alkyl halides is 3. The first-order valence-electron chi connectivity index (χ1n) is 11.9. The molecular weight excluding hydrogens is 513 g/mol. The van der Waals surface area contributed by atoms with E-state index in [1.54, 1.807) is 12.3 Å². The molecule has 0 bridgehead atoms. The van der Waals surface area contributed by atoms with Crippen LogP contribution in [0.3, 0.4) is 0 Å². The topological polar surface area (TPSA) is 61.6 Å². The normalized spacial score (nSPS) is 22.2.